The van der Waals surface area contributed by atoms with E-state index in [-0.39, 0.29) is 5.69 Å². The fourth-order valence-electron chi connectivity index (χ4n) is 1.90. The van der Waals surface area contributed by atoms with Crippen LogP contribution in [0.25, 0.3) is 5.69 Å². The van der Waals surface area contributed by atoms with Gasteiger partial charge in [0.15, 0.2) is 17.2 Å². The largest absolute Gasteiger partial charge is 0.493 e. The molecule has 0 aliphatic carbocycles. The Morgan fingerprint density at radius 2 is 1.86 bits per heavy atom. The first-order valence-corrected chi connectivity index (χ1v) is 6.39. The number of ether oxygens (including phenoxy) is 2. The Morgan fingerprint density at radius 1 is 1.19 bits per heavy atom. The van der Waals surface area contributed by atoms with Crippen LogP contribution in [-0.4, -0.2) is 29.2 Å². The fourth-order valence-corrected chi connectivity index (χ4v) is 2.03. The second kappa shape index (κ2) is 5.97. The molecule has 1 aromatic heterocycles. The summed E-state index contributed by atoms with van der Waals surface area (Å²) >= 11 is 5.37. The van der Waals surface area contributed by atoms with Gasteiger partial charge in [-0.05, 0) is 30.7 Å². The maximum Gasteiger partial charge on any atom is 0.276 e. The first-order chi connectivity index (χ1) is 9.97. The highest BCUT2D eigenvalue weighted by atomic mass is 35.5. The number of rotatable bonds is 4. The molecule has 21 heavy (non-hydrogen) atoms. The Labute approximate surface area is 125 Å². The summed E-state index contributed by atoms with van der Waals surface area (Å²) in [6, 6.07) is 6.43. The van der Waals surface area contributed by atoms with Crippen molar-refractivity contribution in [1.29, 1.82) is 0 Å². The molecule has 1 aromatic carbocycles. The summed E-state index contributed by atoms with van der Waals surface area (Å²) in [6.07, 6.45) is 0. The van der Waals surface area contributed by atoms with Crippen LogP contribution in [0.4, 0.5) is 0 Å². The molecule has 0 saturated carbocycles. The molecule has 0 unspecified atom stereocenters. The Morgan fingerprint density at radius 3 is 2.43 bits per heavy atom. The Hall–Kier alpha value is -2.34. The lowest BCUT2D eigenvalue weighted by Crippen LogP contribution is -2.20. The summed E-state index contributed by atoms with van der Waals surface area (Å²) < 4.78 is 11.8. The molecule has 2 rings (SSSR count). The van der Waals surface area contributed by atoms with Gasteiger partial charge in [-0.25, -0.2) is 4.68 Å². The number of carbonyl (C=O) groups excluding carboxylic acids is 1. The molecule has 0 bridgehead atoms. The van der Waals surface area contributed by atoms with Crippen molar-refractivity contribution in [2.24, 2.45) is 0 Å². The predicted octanol–water partition coefficient (Wildman–Crippen LogP) is 1.94. The van der Waals surface area contributed by atoms with Crippen LogP contribution in [0.1, 0.15) is 16.2 Å². The molecule has 6 nitrogen and oxygen atoms in total. The molecule has 1 heterocycles. The first kappa shape index (κ1) is 15.1. The third-order valence-electron chi connectivity index (χ3n) is 2.91. The number of carbonyl (C=O) groups is 1. The van der Waals surface area contributed by atoms with Crippen LogP contribution in [0.15, 0.2) is 29.1 Å². The van der Waals surface area contributed by atoms with Crippen LogP contribution in [0.2, 0.25) is 0 Å². The highest BCUT2D eigenvalue weighted by Crippen LogP contribution is 2.29. The number of aryl methyl sites for hydroxylation is 1. The number of hydrogen-bond acceptors (Lipinski definition) is 5. The Bertz CT molecular complexity index is 755. The van der Waals surface area contributed by atoms with E-state index in [1.165, 1.54) is 25.0 Å². The second-order valence-electron chi connectivity index (χ2n) is 4.22. The van der Waals surface area contributed by atoms with Gasteiger partial charge in [-0.3, -0.25) is 9.59 Å². The van der Waals surface area contributed by atoms with Crippen molar-refractivity contribution in [2.45, 2.75) is 6.92 Å². The molecule has 0 saturated heterocycles. The van der Waals surface area contributed by atoms with Gasteiger partial charge >= 0.3 is 0 Å². The molecule has 0 radical (unpaired) electrons. The van der Waals surface area contributed by atoms with Gasteiger partial charge in [0.1, 0.15) is 0 Å². The summed E-state index contributed by atoms with van der Waals surface area (Å²) in [5.41, 5.74) is 0.347. The van der Waals surface area contributed by atoms with E-state index in [0.717, 1.165) is 0 Å². The van der Waals surface area contributed by atoms with Crippen LogP contribution in [-0.2, 0) is 0 Å². The first-order valence-electron chi connectivity index (χ1n) is 6.01. The van der Waals surface area contributed by atoms with Gasteiger partial charge in [-0.2, -0.15) is 5.10 Å². The van der Waals surface area contributed by atoms with Gasteiger partial charge in [0.25, 0.3) is 5.24 Å². The smallest absolute Gasteiger partial charge is 0.276 e. The van der Waals surface area contributed by atoms with E-state index in [1.54, 1.807) is 25.1 Å². The molecule has 0 fully saturated rings. The van der Waals surface area contributed by atoms with E-state index in [4.69, 9.17) is 21.1 Å². The molecule has 0 amide bonds. The monoisotopic (exact) mass is 308 g/mol. The zero-order chi connectivity index (χ0) is 15.6. The minimum atomic E-state index is -0.894. The summed E-state index contributed by atoms with van der Waals surface area (Å²) in [5, 5.41) is 3.10. The number of halogens is 1. The number of benzene rings is 1. The highest BCUT2D eigenvalue weighted by molar-refractivity contribution is 6.67. The van der Waals surface area contributed by atoms with Crippen molar-refractivity contribution in [1.82, 2.24) is 9.78 Å². The SMILES string of the molecule is COc1ccc(-n2nc(C(=O)Cl)c(=O)cc2C)cc1OC. The maximum absolute atomic E-state index is 11.7. The molecular weight excluding hydrogens is 296 g/mol. The van der Waals surface area contributed by atoms with Crippen molar-refractivity contribution in [2.75, 3.05) is 14.2 Å². The van der Waals surface area contributed by atoms with E-state index in [0.29, 0.717) is 22.9 Å². The fraction of sp³-hybridized carbons (Fsp3) is 0.214. The zero-order valence-corrected chi connectivity index (χ0v) is 12.5. The number of nitrogens with zero attached hydrogens (tertiary/aromatic N) is 2. The lowest BCUT2D eigenvalue weighted by atomic mass is 10.2. The van der Waals surface area contributed by atoms with E-state index in [1.807, 2.05) is 0 Å². The van der Waals surface area contributed by atoms with Gasteiger partial charge in [0.05, 0.1) is 19.9 Å². The predicted molar refractivity (Wildman–Crippen MR) is 77.9 cm³/mol. The molecule has 0 spiro atoms. The zero-order valence-electron chi connectivity index (χ0n) is 11.7. The van der Waals surface area contributed by atoms with Crippen molar-refractivity contribution in [3.05, 3.63) is 45.9 Å². The van der Waals surface area contributed by atoms with Crippen LogP contribution >= 0.6 is 11.6 Å². The third-order valence-corrected chi connectivity index (χ3v) is 3.08. The van der Waals surface area contributed by atoms with Crippen LogP contribution in [0.5, 0.6) is 11.5 Å². The number of hydrogen-bond donors (Lipinski definition) is 0. The molecule has 2 aromatic rings. The number of aromatic nitrogens is 2. The quantitative estimate of drug-likeness (QED) is 0.807. The summed E-state index contributed by atoms with van der Waals surface area (Å²) in [7, 11) is 3.05. The van der Waals surface area contributed by atoms with Gasteiger partial charge in [-0.15, -0.1) is 0 Å². The summed E-state index contributed by atoms with van der Waals surface area (Å²) in [5.74, 6) is 1.07. The molecule has 0 atom stereocenters. The van der Waals surface area contributed by atoms with Crippen LogP contribution in [0, 0.1) is 6.92 Å². The Balaban J connectivity index is 2.64. The minimum Gasteiger partial charge on any atom is -0.493 e. The standard InChI is InChI=1S/C14H13ClN2O4/c1-8-6-10(18)13(14(15)19)16-17(8)9-4-5-11(20-2)12(7-9)21-3/h4-7H,1-3H3. The molecule has 0 N–H and O–H groups in total. The van der Waals surface area contributed by atoms with Crippen molar-refractivity contribution >= 4 is 16.8 Å². The molecule has 0 aliphatic rings. The van der Waals surface area contributed by atoms with Crippen LogP contribution in [0.3, 0.4) is 0 Å². The highest BCUT2D eigenvalue weighted by Gasteiger charge is 2.14. The average Bonchev–Trinajstić information content (AvgIpc) is 2.46. The van der Waals surface area contributed by atoms with Gasteiger partial charge in [-0.1, -0.05) is 0 Å². The molecule has 110 valence electrons. The summed E-state index contributed by atoms with van der Waals surface area (Å²) in [4.78, 5) is 22.9. The lowest BCUT2D eigenvalue weighted by Gasteiger charge is -2.13. The van der Waals surface area contributed by atoms with Crippen molar-refractivity contribution in [3.63, 3.8) is 0 Å². The minimum absolute atomic E-state index is 0.322. The number of methoxy groups -OCH3 is 2. The van der Waals surface area contributed by atoms with Gasteiger partial charge < -0.3 is 9.47 Å². The average molecular weight is 309 g/mol. The molecular formula is C14H13ClN2O4. The lowest BCUT2D eigenvalue weighted by molar-refractivity contribution is 0.107. The van der Waals surface area contributed by atoms with Crippen molar-refractivity contribution in [3.8, 4) is 17.2 Å². The van der Waals surface area contributed by atoms with E-state index >= 15 is 0 Å². The summed E-state index contributed by atoms with van der Waals surface area (Å²) in [6.45, 7) is 1.70. The van der Waals surface area contributed by atoms with Gasteiger partial charge in [0, 0.05) is 17.8 Å². The van der Waals surface area contributed by atoms with Crippen molar-refractivity contribution < 1.29 is 14.3 Å². The topological polar surface area (TPSA) is 70.4 Å². The van der Waals surface area contributed by atoms with Crippen LogP contribution < -0.4 is 14.9 Å². The third kappa shape index (κ3) is 2.90. The second-order valence-corrected chi connectivity index (χ2v) is 4.57. The normalized spacial score (nSPS) is 10.3. The molecule has 0 aliphatic heterocycles. The van der Waals surface area contributed by atoms with E-state index in [2.05, 4.69) is 5.10 Å². The molecule has 7 heteroatoms. The van der Waals surface area contributed by atoms with E-state index < -0.39 is 10.7 Å². The van der Waals surface area contributed by atoms with Gasteiger partial charge in [0.2, 0.25) is 5.43 Å². The van der Waals surface area contributed by atoms with E-state index in [9.17, 15) is 9.59 Å². The Kier molecular flexibility index (Phi) is 4.28. The maximum atomic E-state index is 11.7.